The first-order valence-corrected chi connectivity index (χ1v) is 7.43. The van der Waals surface area contributed by atoms with Crippen molar-refractivity contribution in [1.29, 1.82) is 0 Å². The highest BCUT2D eigenvalue weighted by molar-refractivity contribution is 4.71. The van der Waals surface area contributed by atoms with E-state index in [1.165, 1.54) is 58.0 Å². The van der Waals surface area contributed by atoms with Gasteiger partial charge in [0.1, 0.15) is 0 Å². The third kappa shape index (κ3) is 5.89. The molecule has 1 aliphatic carbocycles. The molecule has 0 aromatic carbocycles. The third-order valence-electron chi connectivity index (χ3n) is 4.14. The van der Waals surface area contributed by atoms with Gasteiger partial charge in [0, 0.05) is 0 Å². The third-order valence-corrected chi connectivity index (χ3v) is 4.14. The van der Waals surface area contributed by atoms with Gasteiger partial charge in [-0.1, -0.05) is 52.9 Å². The van der Waals surface area contributed by atoms with Crippen LogP contribution in [0.2, 0.25) is 0 Å². The normalized spacial score (nSPS) is 27.9. The van der Waals surface area contributed by atoms with Gasteiger partial charge < -0.3 is 5.32 Å². The number of nitrogens with one attached hydrogen (secondary N) is 1. The van der Waals surface area contributed by atoms with Crippen molar-refractivity contribution in [1.82, 2.24) is 5.32 Å². The Labute approximate surface area is 102 Å². The van der Waals surface area contributed by atoms with Crippen LogP contribution in [0.5, 0.6) is 0 Å². The summed E-state index contributed by atoms with van der Waals surface area (Å²) in [6.07, 6.45) is 10.00. The SMILES string of the molecule is CCCC(C)CNCCC1CCC(C)CC1. The van der Waals surface area contributed by atoms with Crippen LogP contribution in [-0.4, -0.2) is 13.1 Å². The van der Waals surface area contributed by atoms with E-state index >= 15 is 0 Å². The molecule has 0 bridgehead atoms. The summed E-state index contributed by atoms with van der Waals surface area (Å²) >= 11 is 0. The van der Waals surface area contributed by atoms with Crippen LogP contribution in [0.3, 0.4) is 0 Å². The van der Waals surface area contributed by atoms with Crippen LogP contribution in [0.4, 0.5) is 0 Å². The largest absolute Gasteiger partial charge is 0.316 e. The van der Waals surface area contributed by atoms with Crippen molar-refractivity contribution in [2.45, 2.75) is 65.7 Å². The van der Waals surface area contributed by atoms with E-state index in [1.807, 2.05) is 0 Å². The summed E-state index contributed by atoms with van der Waals surface area (Å²) in [4.78, 5) is 0. The van der Waals surface area contributed by atoms with Crippen LogP contribution in [0.15, 0.2) is 0 Å². The lowest BCUT2D eigenvalue weighted by Gasteiger charge is -2.26. The lowest BCUT2D eigenvalue weighted by atomic mass is 9.81. The molecule has 0 spiro atoms. The molecule has 1 heteroatoms. The first kappa shape index (κ1) is 14.0. The van der Waals surface area contributed by atoms with Gasteiger partial charge in [-0.25, -0.2) is 0 Å². The predicted molar refractivity (Wildman–Crippen MR) is 72.7 cm³/mol. The Hall–Kier alpha value is -0.0400. The Kier molecular flexibility index (Phi) is 7.11. The quantitative estimate of drug-likeness (QED) is 0.639. The molecule has 0 aromatic rings. The van der Waals surface area contributed by atoms with Crippen molar-refractivity contribution >= 4 is 0 Å². The summed E-state index contributed by atoms with van der Waals surface area (Å²) in [6, 6.07) is 0. The summed E-state index contributed by atoms with van der Waals surface area (Å²) in [7, 11) is 0. The highest BCUT2D eigenvalue weighted by Crippen LogP contribution is 2.29. The second-order valence-electron chi connectivity index (χ2n) is 6.01. The summed E-state index contributed by atoms with van der Waals surface area (Å²) in [5.41, 5.74) is 0. The van der Waals surface area contributed by atoms with Crippen LogP contribution >= 0.6 is 0 Å². The average Bonchev–Trinajstić information content (AvgIpc) is 2.27. The zero-order valence-corrected chi connectivity index (χ0v) is 11.6. The van der Waals surface area contributed by atoms with Crippen molar-refractivity contribution in [3.63, 3.8) is 0 Å². The van der Waals surface area contributed by atoms with E-state index in [2.05, 4.69) is 26.1 Å². The van der Waals surface area contributed by atoms with Crippen LogP contribution in [-0.2, 0) is 0 Å². The monoisotopic (exact) mass is 225 g/mol. The molecular formula is C15H31N. The molecule has 0 amide bonds. The lowest BCUT2D eigenvalue weighted by Crippen LogP contribution is -2.25. The lowest BCUT2D eigenvalue weighted by molar-refractivity contribution is 0.274. The highest BCUT2D eigenvalue weighted by Gasteiger charge is 2.17. The summed E-state index contributed by atoms with van der Waals surface area (Å²) < 4.78 is 0. The number of hydrogen-bond acceptors (Lipinski definition) is 1. The molecule has 0 heterocycles. The van der Waals surface area contributed by atoms with Gasteiger partial charge in [-0.15, -0.1) is 0 Å². The van der Waals surface area contributed by atoms with Crippen molar-refractivity contribution in [2.24, 2.45) is 17.8 Å². The molecule has 1 N–H and O–H groups in total. The van der Waals surface area contributed by atoms with Crippen molar-refractivity contribution in [3.05, 3.63) is 0 Å². The van der Waals surface area contributed by atoms with E-state index in [1.54, 1.807) is 0 Å². The average molecular weight is 225 g/mol. The maximum Gasteiger partial charge on any atom is -0.00232 e. The van der Waals surface area contributed by atoms with Crippen LogP contribution in [0.1, 0.15) is 65.7 Å². The molecule has 1 atom stereocenters. The minimum atomic E-state index is 0.858. The molecule has 1 nitrogen and oxygen atoms in total. The van der Waals surface area contributed by atoms with E-state index in [0.717, 1.165) is 17.8 Å². The van der Waals surface area contributed by atoms with Gasteiger partial charge in [-0.05, 0) is 43.7 Å². The van der Waals surface area contributed by atoms with Gasteiger partial charge in [0.15, 0.2) is 0 Å². The van der Waals surface area contributed by atoms with Gasteiger partial charge in [-0.3, -0.25) is 0 Å². The van der Waals surface area contributed by atoms with E-state index in [-0.39, 0.29) is 0 Å². The van der Waals surface area contributed by atoms with E-state index in [4.69, 9.17) is 0 Å². The zero-order valence-electron chi connectivity index (χ0n) is 11.6. The number of hydrogen-bond donors (Lipinski definition) is 1. The maximum atomic E-state index is 3.63. The fraction of sp³-hybridized carbons (Fsp3) is 1.00. The zero-order chi connectivity index (χ0) is 11.8. The molecule has 1 unspecified atom stereocenters. The molecule has 96 valence electrons. The van der Waals surface area contributed by atoms with Gasteiger partial charge in [0.2, 0.25) is 0 Å². The van der Waals surface area contributed by atoms with E-state index < -0.39 is 0 Å². The smallest absolute Gasteiger partial charge is 0.00232 e. The summed E-state index contributed by atoms with van der Waals surface area (Å²) in [5.74, 6) is 2.87. The van der Waals surface area contributed by atoms with E-state index in [9.17, 15) is 0 Å². The Balaban J connectivity index is 1.95. The molecule has 1 fully saturated rings. The first-order chi connectivity index (χ1) is 7.72. The highest BCUT2D eigenvalue weighted by atomic mass is 14.8. The Morgan fingerprint density at radius 3 is 2.50 bits per heavy atom. The molecule has 0 radical (unpaired) electrons. The Bertz CT molecular complexity index is 159. The maximum absolute atomic E-state index is 3.63. The topological polar surface area (TPSA) is 12.0 Å². The molecule has 1 rings (SSSR count). The molecule has 0 aromatic heterocycles. The van der Waals surface area contributed by atoms with Crippen LogP contribution in [0.25, 0.3) is 0 Å². The standard InChI is InChI=1S/C15H31N/c1-4-5-14(3)12-16-11-10-15-8-6-13(2)7-9-15/h13-16H,4-12H2,1-3H3. The fourth-order valence-electron chi connectivity index (χ4n) is 2.87. The van der Waals surface area contributed by atoms with Gasteiger partial charge in [0.25, 0.3) is 0 Å². The summed E-state index contributed by atoms with van der Waals surface area (Å²) in [5, 5.41) is 3.63. The molecule has 0 saturated heterocycles. The molecule has 1 saturated carbocycles. The Morgan fingerprint density at radius 2 is 1.88 bits per heavy atom. The fourth-order valence-corrected chi connectivity index (χ4v) is 2.87. The minimum Gasteiger partial charge on any atom is -0.316 e. The first-order valence-electron chi connectivity index (χ1n) is 7.43. The van der Waals surface area contributed by atoms with Crippen LogP contribution < -0.4 is 5.32 Å². The molecule has 0 aliphatic heterocycles. The van der Waals surface area contributed by atoms with Crippen molar-refractivity contribution in [3.8, 4) is 0 Å². The minimum absolute atomic E-state index is 0.858. The second-order valence-corrected chi connectivity index (χ2v) is 6.01. The number of rotatable bonds is 7. The van der Waals surface area contributed by atoms with Crippen molar-refractivity contribution in [2.75, 3.05) is 13.1 Å². The van der Waals surface area contributed by atoms with Gasteiger partial charge >= 0.3 is 0 Å². The summed E-state index contributed by atoms with van der Waals surface area (Å²) in [6.45, 7) is 9.50. The Morgan fingerprint density at radius 1 is 1.19 bits per heavy atom. The molecule has 1 aliphatic rings. The predicted octanol–water partition coefficient (Wildman–Crippen LogP) is 4.23. The molecule has 16 heavy (non-hydrogen) atoms. The van der Waals surface area contributed by atoms with E-state index in [0.29, 0.717) is 0 Å². The van der Waals surface area contributed by atoms with Gasteiger partial charge in [-0.2, -0.15) is 0 Å². The molecular weight excluding hydrogens is 194 g/mol. The van der Waals surface area contributed by atoms with Gasteiger partial charge in [0.05, 0.1) is 0 Å². The second kappa shape index (κ2) is 8.11. The van der Waals surface area contributed by atoms with Crippen molar-refractivity contribution < 1.29 is 0 Å². The van der Waals surface area contributed by atoms with Crippen LogP contribution in [0, 0.1) is 17.8 Å².